The highest BCUT2D eigenvalue weighted by molar-refractivity contribution is 7.95. The van der Waals surface area contributed by atoms with Gasteiger partial charge in [-0.15, -0.1) is 0 Å². The summed E-state index contributed by atoms with van der Waals surface area (Å²) in [7, 11) is -1.83. The molecule has 0 amide bonds. The van der Waals surface area contributed by atoms with Crippen molar-refractivity contribution in [3.63, 3.8) is 0 Å². The van der Waals surface area contributed by atoms with Crippen molar-refractivity contribution >= 4 is 29.1 Å². The van der Waals surface area contributed by atoms with E-state index >= 15 is 0 Å². The van der Waals surface area contributed by atoms with E-state index in [0.29, 0.717) is 12.2 Å². The first-order chi connectivity index (χ1) is 15.8. The van der Waals surface area contributed by atoms with Gasteiger partial charge >= 0.3 is 5.97 Å². The summed E-state index contributed by atoms with van der Waals surface area (Å²) < 4.78 is 5.47. The molecule has 0 radical (unpaired) electrons. The summed E-state index contributed by atoms with van der Waals surface area (Å²) in [5.74, 6) is 0.441. The molecule has 2 nitrogen and oxygen atoms in total. The van der Waals surface area contributed by atoms with Gasteiger partial charge in [-0.25, -0.2) is 0 Å². The molecule has 0 fully saturated rings. The Hall–Kier alpha value is -3.22. The zero-order valence-corrected chi connectivity index (χ0v) is 19.0. The van der Waals surface area contributed by atoms with E-state index in [9.17, 15) is 4.79 Å². The van der Waals surface area contributed by atoms with Crippen LogP contribution in [0.3, 0.4) is 0 Å². The molecule has 160 valence electrons. The SMILES string of the molecule is O=C(CCCC[P+](c1ccccc1)(c1ccccc1)c1ccccc1)Oc1ccccc1. The lowest BCUT2D eigenvalue weighted by molar-refractivity contribution is -0.134. The lowest BCUT2D eigenvalue weighted by Crippen LogP contribution is -2.33. The highest BCUT2D eigenvalue weighted by Crippen LogP contribution is 2.55. The minimum Gasteiger partial charge on any atom is -0.427 e. The van der Waals surface area contributed by atoms with Gasteiger partial charge in [0.05, 0.1) is 6.16 Å². The Balaban J connectivity index is 1.57. The third-order valence-corrected chi connectivity index (χ3v) is 10.2. The topological polar surface area (TPSA) is 26.3 Å². The van der Waals surface area contributed by atoms with Crippen LogP contribution in [0.15, 0.2) is 121 Å². The predicted octanol–water partition coefficient (Wildman–Crippen LogP) is 5.76. The number of unbranched alkanes of at least 4 members (excludes halogenated alkanes) is 1. The summed E-state index contributed by atoms with van der Waals surface area (Å²) in [6.07, 6.45) is 3.20. The molecule has 0 atom stereocenters. The van der Waals surface area contributed by atoms with Crippen LogP contribution in [0.2, 0.25) is 0 Å². The molecule has 3 heteroatoms. The standard InChI is InChI=1S/C29H28O2P/c30-29(31-25-15-5-1-6-16-25)23-13-14-24-32(26-17-7-2-8-18-26,27-19-9-3-10-20-27)28-21-11-4-12-22-28/h1-12,15-22H,13-14,23-24H2/q+1. The van der Waals surface area contributed by atoms with Crippen LogP contribution in [0.4, 0.5) is 0 Å². The zero-order chi connectivity index (χ0) is 22.1. The van der Waals surface area contributed by atoms with Crippen molar-refractivity contribution in [2.75, 3.05) is 6.16 Å². The molecule has 0 aliphatic rings. The minimum absolute atomic E-state index is 0.167. The lowest BCUT2D eigenvalue weighted by Gasteiger charge is -2.27. The Labute approximate surface area is 191 Å². The molecule has 4 aromatic carbocycles. The average molecular weight is 440 g/mol. The van der Waals surface area contributed by atoms with Crippen LogP contribution < -0.4 is 20.7 Å². The largest absolute Gasteiger partial charge is 0.427 e. The molecule has 0 unspecified atom stereocenters. The van der Waals surface area contributed by atoms with Gasteiger partial charge in [-0.05, 0) is 61.4 Å². The molecular weight excluding hydrogens is 411 g/mol. The molecule has 0 saturated heterocycles. The normalized spacial score (nSPS) is 11.1. The maximum Gasteiger partial charge on any atom is 0.311 e. The van der Waals surface area contributed by atoms with Gasteiger partial charge in [-0.3, -0.25) is 4.79 Å². The lowest BCUT2D eigenvalue weighted by atomic mass is 10.2. The molecule has 0 saturated carbocycles. The molecule has 4 rings (SSSR count). The Morgan fingerprint density at radius 3 is 1.41 bits per heavy atom. The Morgan fingerprint density at radius 1 is 0.562 bits per heavy atom. The molecule has 0 heterocycles. The van der Waals surface area contributed by atoms with Crippen LogP contribution in [-0.2, 0) is 4.79 Å². The van der Waals surface area contributed by atoms with E-state index in [1.807, 2.05) is 30.3 Å². The third kappa shape index (κ3) is 5.15. The first-order valence-corrected chi connectivity index (χ1v) is 13.1. The average Bonchev–Trinajstić information content (AvgIpc) is 2.86. The molecule has 0 N–H and O–H groups in total. The van der Waals surface area contributed by atoms with Gasteiger partial charge in [0, 0.05) is 6.42 Å². The second-order valence-corrected chi connectivity index (χ2v) is 11.4. The van der Waals surface area contributed by atoms with E-state index in [-0.39, 0.29) is 5.97 Å². The van der Waals surface area contributed by atoms with E-state index < -0.39 is 7.26 Å². The van der Waals surface area contributed by atoms with Gasteiger partial charge < -0.3 is 4.74 Å². The summed E-state index contributed by atoms with van der Waals surface area (Å²) in [5.41, 5.74) is 0. The Kier molecular flexibility index (Phi) is 7.48. The van der Waals surface area contributed by atoms with Gasteiger partial charge in [0.2, 0.25) is 0 Å². The van der Waals surface area contributed by atoms with Crippen molar-refractivity contribution in [1.29, 1.82) is 0 Å². The van der Waals surface area contributed by atoms with Gasteiger partial charge in [-0.2, -0.15) is 0 Å². The zero-order valence-electron chi connectivity index (χ0n) is 18.1. The van der Waals surface area contributed by atoms with Crippen LogP contribution in [0.5, 0.6) is 5.75 Å². The molecule has 0 aromatic heterocycles. The number of hydrogen-bond donors (Lipinski definition) is 0. The Morgan fingerprint density at radius 2 is 0.969 bits per heavy atom. The van der Waals surface area contributed by atoms with E-state index in [0.717, 1.165) is 19.0 Å². The van der Waals surface area contributed by atoms with Crippen LogP contribution in [0.1, 0.15) is 19.3 Å². The number of carbonyl (C=O) groups is 1. The van der Waals surface area contributed by atoms with Crippen LogP contribution >= 0.6 is 7.26 Å². The fraction of sp³-hybridized carbons (Fsp3) is 0.138. The minimum atomic E-state index is -1.83. The first-order valence-electron chi connectivity index (χ1n) is 11.1. The molecule has 0 aliphatic heterocycles. The number of rotatable bonds is 9. The fourth-order valence-corrected chi connectivity index (χ4v) is 8.58. The smallest absolute Gasteiger partial charge is 0.311 e. The van der Waals surface area contributed by atoms with E-state index in [1.54, 1.807) is 0 Å². The van der Waals surface area contributed by atoms with Gasteiger partial charge in [-0.1, -0.05) is 72.8 Å². The summed E-state index contributed by atoms with van der Waals surface area (Å²) in [6.45, 7) is 0. The molecule has 32 heavy (non-hydrogen) atoms. The van der Waals surface area contributed by atoms with Crippen LogP contribution in [-0.4, -0.2) is 12.1 Å². The third-order valence-electron chi connectivity index (χ3n) is 5.69. The summed E-state index contributed by atoms with van der Waals surface area (Å²) >= 11 is 0. The molecule has 0 bridgehead atoms. The molecule has 0 aliphatic carbocycles. The number of para-hydroxylation sites is 1. The van der Waals surface area contributed by atoms with Crippen molar-refractivity contribution in [2.24, 2.45) is 0 Å². The van der Waals surface area contributed by atoms with Crippen molar-refractivity contribution < 1.29 is 9.53 Å². The summed E-state index contributed by atoms with van der Waals surface area (Å²) in [5, 5.41) is 4.14. The molecule has 4 aromatic rings. The summed E-state index contributed by atoms with van der Waals surface area (Å²) in [4.78, 5) is 12.3. The number of hydrogen-bond acceptors (Lipinski definition) is 2. The monoisotopic (exact) mass is 439 g/mol. The second-order valence-electron chi connectivity index (χ2n) is 7.78. The number of esters is 1. The van der Waals surface area contributed by atoms with Crippen molar-refractivity contribution in [2.45, 2.75) is 19.3 Å². The Bertz CT molecular complexity index is 1000. The van der Waals surface area contributed by atoms with Crippen LogP contribution in [0.25, 0.3) is 0 Å². The first kappa shape index (κ1) is 22.0. The van der Waals surface area contributed by atoms with E-state index in [2.05, 4.69) is 91.0 Å². The second kappa shape index (κ2) is 10.9. The highest BCUT2D eigenvalue weighted by Gasteiger charge is 2.44. The number of ether oxygens (including phenoxy) is 1. The molecular formula is C29H28O2P+. The van der Waals surface area contributed by atoms with E-state index in [1.165, 1.54) is 15.9 Å². The maximum absolute atomic E-state index is 12.3. The maximum atomic E-state index is 12.3. The fourth-order valence-electron chi connectivity index (χ4n) is 4.17. The van der Waals surface area contributed by atoms with Gasteiger partial charge in [0.25, 0.3) is 0 Å². The number of benzene rings is 4. The van der Waals surface area contributed by atoms with Crippen LogP contribution in [0, 0.1) is 0 Å². The summed E-state index contributed by atoms with van der Waals surface area (Å²) in [6, 6.07) is 41.9. The van der Waals surface area contributed by atoms with E-state index in [4.69, 9.17) is 4.74 Å². The molecule has 0 spiro atoms. The quantitative estimate of drug-likeness (QED) is 0.144. The highest BCUT2D eigenvalue weighted by atomic mass is 31.2. The van der Waals surface area contributed by atoms with Gasteiger partial charge in [0.1, 0.15) is 28.9 Å². The van der Waals surface area contributed by atoms with Gasteiger partial charge in [0.15, 0.2) is 0 Å². The van der Waals surface area contributed by atoms with Crippen molar-refractivity contribution in [3.8, 4) is 5.75 Å². The predicted molar refractivity (Wildman–Crippen MR) is 136 cm³/mol. The van der Waals surface area contributed by atoms with Crippen molar-refractivity contribution in [1.82, 2.24) is 0 Å². The number of carbonyl (C=O) groups excluding carboxylic acids is 1. The van der Waals surface area contributed by atoms with Crippen molar-refractivity contribution in [3.05, 3.63) is 121 Å².